The number of ether oxygens (including phenoxy) is 1. The van der Waals surface area contributed by atoms with Gasteiger partial charge in [-0.05, 0) is 49.0 Å². The summed E-state index contributed by atoms with van der Waals surface area (Å²) in [5.41, 5.74) is 4.39. The summed E-state index contributed by atoms with van der Waals surface area (Å²) < 4.78 is 70.9. The van der Waals surface area contributed by atoms with Crippen molar-refractivity contribution >= 4 is 17.6 Å². The molecule has 0 saturated carbocycles. The number of carbonyl (C=O) groups is 2. The van der Waals surface area contributed by atoms with Gasteiger partial charge in [0.2, 0.25) is 0 Å². The van der Waals surface area contributed by atoms with Crippen molar-refractivity contribution < 1.29 is 50.9 Å². The number of aromatic nitrogens is 2. The minimum atomic E-state index is -5.08. The van der Waals surface area contributed by atoms with Gasteiger partial charge in [-0.2, -0.15) is 26.3 Å². The number of likely N-dealkylation sites (N-methyl/N-ethyl adjacent to an activating group) is 1. The zero-order valence-electron chi connectivity index (χ0n) is 20.0. The maximum absolute atomic E-state index is 10.6. The van der Waals surface area contributed by atoms with Crippen LogP contribution in [-0.2, 0) is 9.59 Å². The Labute approximate surface area is 212 Å². The van der Waals surface area contributed by atoms with E-state index in [2.05, 4.69) is 58.2 Å². The Morgan fingerprint density at radius 1 is 1.00 bits per heavy atom. The van der Waals surface area contributed by atoms with Gasteiger partial charge in [0.25, 0.3) is 0 Å². The largest absolute Gasteiger partial charge is 0.497 e. The number of benzene rings is 1. The van der Waals surface area contributed by atoms with Gasteiger partial charge in [-0.3, -0.25) is 9.30 Å². The molecule has 1 aliphatic heterocycles. The van der Waals surface area contributed by atoms with E-state index < -0.39 is 24.3 Å². The molecule has 0 bridgehead atoms. The average molecular weight is 550 g/mol. The molecule has 1 atom stereocenters. The normalized spacial score (nSPS) is 16.1. The van der Waals surface area contributed by atoms with E-state index in [0.29, 0.717) is 6.04 Å². The Balaban J connectivity index is 0.000000301. The van der Waals surface area contributed by atoms with Gasteiger partial charge in [0.15, 0.2) is 0 Å². The summed E-state index contributed by atoms with van der Waals surface area (Å²) in [4.78, 5) is 25.0. The Bertz CT molecular complexity index is 1200. The summed E-state index contributed by atoms with van der Waals surface area (Å²) in [5, 5.41) is 17.7. The molecule has 1 unspecified atom stereocenters. The molecule has 1 fully saturated rings. The van der Waals surface area contributed by atoms with Gasteiger partial charge in [-0.1, -0.05) is 6.07 Å². The summed E-state index contributed by atoms with van der Waals surface area (Å²) in [6.45, 7) is 3.03. The van der Waals surface area contributed by atoms with Crippen LogP contribution in [0.15, 0.2) is 48.7 Å². The van der Waals surface area contributed by atoms with Crippen LogP contribution in [0.25, 0.3) is 16.9 Å². The van der Waals surface area contributed by atoms with Crippen LogP contribution in [0.2, 0.25) is 0 Å². The smallest absolute Gasteiger partial charge is 0.490 e. The molecule has 0 spiro atoms. The summed E-state index contributed by atoms with van der Waals surface area (Å²) in [6, 6.07) is 14.7. The number of carboxylic acids is 2. The van der Waals surface area contributed by atoms with E-state index in [-0.39, 0.29) is 0 Å². The molecular formula is C23H24F6N4O5. The van der Waals surface area contributed by atoms with Crippen LogP contribution in [-0.4, -0.2) is 82.6 Å². The molecule has 3 heterocycles. The number of nitrogens with zero attached hydrogens (tertiary/aromatic N) is 3. The van der Waals surface area contributed by atoms with Gasteiger partial charge in [-0.15, -0.1) is 0 Å². The summed E-state index contributed by atoms with van der Waals surface area (Å²) >= 11 is 0. The van der Waals surface area contributed by atoms with Crippen molar-refractivity contribution in [2.45, 2.75) is 18.4 Å². The number of methoxy groups -OCH3 is 1. The third-order valence-corrected chi connectivity index (χ3v) is 5.23. The molecule has 3 aromatic rings. The van der Waals surface area contributed by atoms with Crippen molar-refractivity contribution in [2.24, 2.45) is 0 Å². The van der Waals surface area contributed by atoms with Crippen LogP contribution in [0.5, 0.6) is 5.75 Å². The Hall–Kier alpha value is -3.85. The van der Waals surface area contributed by atoms with Crippen LogP contribution in [0.4, 0.5) is 26.3 Å². The Morgan fingerprint density at radius 2 is 1.55 bits per heavy atom. The van der Waals surface area contributed by atoms with E-state index in [4.69, 9.17) is 29.5 Å². The molecule has 38 heavy (non-hydrogen) atoms. The lowest BCUT2D eigenvalue weighted by Crippen LogP contribution is -2.43. The van der Waals surface area contributed by atoms with Crippen LogP contribution in [0.3, 0.4) is 0 Å². The van der Waals surface area contributed by atoms with Crippen LogP contribution in [0, 0.1) is 0 Å². The second-order valence-electron chi connectivity index (χ2n) is 7.84. The molecule has 1 saturated heterocycles. The maximum Gasteiger partial charge on any atom is 0.490 e. The van der Waals surface area contributed by atoms with Crippen molar-refractivity contribution in [2.75, 3.05) is 33.8 Å². The number of hydrogen-bond donors (Lipinski definition) is 3. The Morgan fingerprint density at radius 3 is 2.03 bits per heavy atom. The molecule has 0 aliphatic carbocycles. The van der Waals surface area contributed by atoms with Gasteiger partial charge >= 0.3 is 24.3 Å². The number of aliphatic carboxylic acids is 2. The lowest BCUT2D eigenvalue weighted by molar-refractivity contribution is -0.193. The van der Waals surface area contributed by atoms with Gasteiger partial charge in [0, 0.05) is 25.8 Å². The molecular weight excluding hydrogens is 526 g/mol. The highest BCUT2D eigenvalue weighted by Crippen LogP contribution is 2.26. The number of nitrogens with one attached hydrogen (secondary N) is 1. The standard InChI is InChI=1S/C19H22N4O.2C2HF3O2/c1-22-11-10-20-12-18(22)16-13-23-17(4-3-5-19(23)21-16)14-6-8-15(24-2)9-7-14;2*3-2(4,5)1(6)7/h3-9,13,18,20H,10-12H2,1-2H3;2*(H,6,7). The predicted molar refractivity (Wildman–Crippen MR) is 123 cm³/mol. The van der Waals surface area contributed by atoms with Gasteiger partial charge in [0.05, 0.1) is 24.5 Å². The van der Waals surface area contributed by atoms with Gasteiger partial charge < -0.3 is 20.3 Å². The first-order valence-corrected chi connectivity index (χ1v) is 10.8. The number of halogens is 6. The van der Waals surface area contributed by atoms with E-state index in [1.807, 2.05) is 12.1 Å². The lowest BCUT2D eigenvalue weighted by Gasteiger charge is -2.31. The summed E-state index contributed by atoms with van der Waals surface area (Å²) in [7, 11) is 3.85. The average Bonchev–Trinajstić information content (AvgIpc) is 3.28. The molecule has 208 valence electrons. The molecule has 0 amide bonds. The molecule has 1 aliphatic rings. The first-order valence-electron chi connectivity index (χ1n) is 10.8. The highest BCUT2D eigenvalue weighted by molar-refractivity contribution is 5.73. The number of pyridine rings is 1. The van der Waals surface area contributed by atoms with E-state index in [1.54, 1.807) is 7.11 Å². The molecule has 1 aromatic carbocycles. The molecule has 0 radical (unpaired) electrons. The number of carboxylic acid groups (broad SMARTS) is 2. The zero-order chi connectivity index (χ0) is 28.7. The fraction of sp³-hybridized carbons (Fsp3) is 0.348. The van der Waals surface area contributed by atoms with Crippen LogP contribution < -0.4 is 10.1 Å². The number of imidazole rings is 1. The zero-order valence-corrected chi connectivity index (χ0v) is 20.0. The Kier molecular flexibility index (Phi) is 10.1. The molecule has 2 aromatic heterocycles. The van der Waals surface area contributed by atoms with E-state index >= 15 is 0 Å². The minimum Gasteiger partial charge on any atom is -0.497 e. The van der Waals surface area contributed by atoms with E-state index in [0.717, 1.165) is 48.0 Å². The van der Waals surface area contributed by atoms with Crippen molar-refractivity contribution in [3.05, 3.63) is 54.4 Å². The quantitative estimate of drug-likeness (QED) is 0.422. The highest BCUT2D eigenvalue weighted by atomic mass is 19.4. The summed E-state index contributed by atoms with van der Waals surface area (Å²) in [6.07, 6.45) is -8.00. The van der Waals surface area contributed by atoms with E-state index in [1.165, 1.54) is 0 Å². The molecule has 9 nitrogen and oxygen atoms in total. The monoisotopic (exact) mass is 550 g/mol. The maximum atomic E-state index is 10.6. The number of hydrogen-bond acceptors (Lipinski definition) is 6. The molecule has 4 rings (SSSR count). The fourth-order valence-corrected chi connectivity index (χ4v) is 3.32. The molecule has 3 N–H and O–H groups in total. The number of alkyl halides is 6. The highest BCUT2D eigenvalue weighted by Gasteiger charge is 2.38. The van der Waals surface area contributed by atoms with Gasteiger partial charge in [0.1, 0.15) is 11.4 Å². The second-order valence-corrected chi connectivity index (χ2v) is 7.84. The minimum absolute atomic E-state index is 0.322. The van der Waals surface area contributed by atoms with Gasteiger partial charge in [-0.25, -0.2) is 14.6 Å². The van der Waals surface area contributed by atoms with E-state index in [9.17, 15) is 26.3 Å². The second kappa shape index (κ2) is 12.6. The first kappa shape index (κ1) is 30.4. The number of piperazine rings is 1. The van der Waals surface area contributed by atoms with Crippen LogP contribution >= 0.6 is 0 Å². The molecule has 15 heteroatoms. The van der Waals surface area contributed by atoms with Crippen molar-refractivity contribution in [1.82, 2.24) is 19.6 Å². The fourth-order valence-electron chi connectivity index (χ4n) is 3.32. The number of rotatable bonds is 3. The summed E-state index contributed by atoms with van der Waals surface area (Å²) in [5.74, 6) is -4.65. The topological polar surface area (TPSA) is 116 Å². The van der Waals surface area contributed by atoms with Crippen LogP contribution in [0.1, 0.15) is 11.7 Å². The first-order chi connectivity index (χ1) is 17.6. The third kappa shape index (κ3) is 8.34. The van der Waals surface area contributed by atoms with Crippen molar-refractivity contribution in [3.8, 4) is 17.0 Å². The third-order valence-electron chi connectivity index (χ3n) is 5.23. The lowest BCUT2D eigenvalue weighted by atomic mass is 10.1. The predicted octanol–water partition coefficient (Wildman–Crippen LogP) is 3.85. The number of fused-ring (bicyclic) bond motifs is 1. The SMILES string of the molecule is COc1ccc(-c2cccc3nc(C4CNCCN4C)cn23)cc1.O=C(O)C(F)(F)F.O=C(O)C(F)(F)F. The van der Waals surface area contributed by atoms with Crippen molar-refractivity contribution in [3.63, 3.8) is 0 Å². The van der Waals surface area contributed by atoms with Crippen molar-refractivity contribution in [1.29, 1.82) is 0 Å².